The standard InChI is InChI=1S/C15H14ClFN2O2/c1-9(16)15(20)19-7-6-12-13(8-19)18-21-14(12)10-2-4-11(17)5-3-10/h2-5,9H,6-8H2,1H3. The lowest BCUT2D eigenvalue weighted by atomic mass is 10.0. The summed E-state index contributed by atoms with van der Waals surface area (Å²) in [6, 6.07) is 6.10. The molecule has 1 aliphatic heterocycles. The molecule has 2 heterocycles. The Morgan fingerprint density at radius 2 is 2.14 bits per heavy atom. The van der Waals surface area contributed by atoms with Crippen molar-refractivity contribution in [1.82, 2.24) is 10.1 Å². The molecule has 0 fully saturated rings. The van der Waals surface area contributed by atoms with Crippen LogP contribution in [0.1, 0.15) is 18.2 Å². The summed E-state index contributed by atoms with van der Waals surface area (Å²) in [5.74, 6) is 0.254. The lowest BCUT2D eigenvalue weighted by molar-refractivity contribution is -0.131. The van der Waals surface area contributed by atoms with Crippen molar-refractivity contribution < 1.29 is 13.7 Å². The Morgan fingerprint density at radius 1 is 1.43 bits per heavy atom. The number of amides is 1. The lowest BCUT2D eigenvalue weighted by Gasteiger charge is -2.26. The third-order valence-electron chi connectivity index (χ3n) is 3.60. The summed E-state index contributed by atoms with van der Waals surface area (Å²) in [5.41, 5.74) is 2.51. The predicted molar refractivity (Wildman–Crippen MR) is 76.3 cm³/mol. The third-order valence-corrected chi connectivity index (χ3v) is 3.79. The van der Waals surface area contributed by atoms with Gasteiger partial charge in [0.2, 0.25) is 5.91 Å². The van der Waals surface area contributed by atoms with Crippen molar-refractivity contribution in [2.75, 3.05) is 6.54 Å². The number of nitrogens with zero attached hydrogens (tertiary/aromatic N) is 2. The summed E-state index contributed by atoms with van der Waals surface area (Å²) < 4.78 is 18.4. The zero-order valence-electron chi connectivity index (χ0n) is 11.5. The monoisotopic (exact) mass is 308 g/mol. The minimum Gasteiger partial charge on any atom is -0.356 e. The summed E-state index contributed by atoms with van der Waals surface area (Å²) in [7, 11) is 0. The number of benzene rings is 1. The molecule has 1 atom stereocenters. The smallest absolute Gasteiger partial charge is 0.240 e. The molecule has 0 N–H and O–H groups in total. The molecule has 4 nitrogen and oxygen atoms in total. The molecule has 6 heteroatoms. The van der Waals surface area contributed by atoms with Crippen molar-refractivity contribution in [1.29, 1.82) is 0 Å². The number of alkyl halides is 1. The molecule has 110 valence electrons. The van der Waals surface area contributed by atoms with E-state index in [1.54, 1.807) is 24.0 Å². The van der Waals surface area contributed by atoms with E-state index in [9.17, 15) is 9.18 Å². The molecule has 0 aliphatic carbocycles. The highest BCUT2D eigenvalue weighted by Gasteiger charge is 2.28. The summed E-state index contributed by atoms with van der Waals surface area (Å²) in [6.45, 7) is 2.64. The third kappa shape index (κ3) is 2.65. The number of carbonyl (C=O) groups excluding carboxylic acids is 1. The SMILES string of the molecule is CC(Cl)C(=O)N1CCc2c(noc2-c2ccc(F)cc2)C1. The summed E-state index contributed by atoms with van der Waals surface area (Å²) in [5, 5.41) is 3.50. The Labute approximate surface area is 126 Å². The summed E-state index contributed by atoms with van der Waals surface area (Å²) in [6.07, 6.45) is 0.654. The number of rotatable bonds is 2. The van der Waals surface area contributed by atoms with Crippen LogP contribution in [0.4, 0.5) is 4.39 Å². The fourth-order valence-corrected chi connectivity index (χ4v) is 2.64. The minimum absolute atomic E-state index is 0.103. The molecule has 21 heavy (non-hydrogen) atoms. The molecule has 2 aromatic rings. The Morgan fingerprint density at radius 3 is 2.81 bits per heavy atom. The Kier molecular flexibility index (Phi) is 3.68. The van der Waals surface area contributed by atoms with E-state index in [2.05, 4.69) is 5.16 Å². The van der Waals surface area contributed by atoms with Crippen LogP contribution in [0.5, 0.6) is 0 Å². The number of halogens is 2. The van der Waals surface area contributed by atoms with Gasteiger partial charge in [0.05, 0.1) is 6.54 Å². The second-order valence-electron chi connectivity index (χ2n) is 5.07. The quantitative estimate of drug-likeness (QED) is 0.801. The van der Waals surface area contributed by atoms with Crippen LogP contribution in [0, 0.1) is 5.82 Å². The van der Waals surface area contributed by atoms with Gasteiger partial charge in [-0.05, 0) is 37.6 Å². The van der Waals surface area contributed by atoms with Crippen LogP contribution in [0.15, 0.2) is 28.8 Å². The van der Waals surface area contributed by atoms with Crippen molar-refractivity contribution in [3.05, 3.63) is 41.3 Å². The Hall–Kier alpha value is -1.88. The highest BCUT2D eigenvalue weighted by atomic mass is 35.5. The molecule has 0 bridgehead atoms. The van der Waals surface area contributed by atoms with E-state index in [1.807, 2.05) is 0 Å². The van der Waals surface area contributed by atoms with Gasteiger partial charge in [-0.1, -0.05) is 5.16 Å². The number of fused-ring (bicyclic) bond motifs is 1. The van der Waals surface area contributed by atoms with Gasteiger partial charge in [0.25, 0.3) is 0 Å². The fourth-order valence-electron chi connectivity index (χ4n) is 2.50. The minimum atomic E-state index is -0.546. The maximum Gasteiger partial charge on any atom is 0.240 e. The molecule has 1 aromatic carbocycles. The van der Waals surface area contributed by atoms with Gasteiger partial charge >= 0.3 is 0 Å². The molecule has 0 radical (unpaired) electrons. The van der Waals surface area contributed by atoms with Gasteiger partial charge in [-0.25, -0.2) is 4.39 Å². The predicted octanol–water partition coefficient (Wildman–Crippen LogP) is 2.99. The average molecular weight is 309 g/mol. The van der Waals surface area contributed by atoms with Crippen LogP contribution in [-0.4, -0.2) is 27.9 Å². The van der Waals surface area contributed by atoms with Gasteiger partial charge in [0, 0.05) is 17.7 Å². The Bertz CT molecular complexity index is 667. The lowest BCUT2D eigenvalue weighted by Crippen LogP contribution is -2.39. The largest absolute Gasteiger partial charge is 0.356 e. The van der Waals surface area contributed by atoms with Gasteiger partial charge < -0.3 is 9.42 Å². The fraction of sp³-hybridized carbons (Fsp3) is 0.333. The second-order valence-corrected chi connectivity index (χ2v) is 5.72. The average Bonchev–Trinajstić information content (AvgIpc) is 2.90. The molecule has 3 rings (SSSR count). The first-order valence-electron chi connectivity index (χ1n) is 6.72. The number of aromatic nitrogens is 1. The molecule has 0 saturated heterocycles. The first-order chi connectivity index (χ1) is 10.1. The summed E-state index contributed by atoms with van der Waals surface area (Å²) in [4.78, 5) is 13.6. The van der Waals surface area contributed by atoms with E-state index in [0.717, 1.165) is 16.8 Å². The number of carbonyl (C=O) groups is 1. The molecule has 1 aromatic heterocycles. The normalized spacial score (nSPS) is 15.7. The van der Waals surface area contributed by atoms with Crippen molar-refractivity contribution in [2.24, 2.45) is 0 Å². The molecular weight excluding hydrogens is 295 g/mol. The molecule has 1 aliphatic rings. The van der Waals surface area contributed by atoms with Crippen molar-refractivity contribution in [2.45, 2.75) is 25.3 Å². The van der Waals surface area contributed by atoms with Gasteiger partial charge in [-0.3, -0.25) is 4.79 Å². The van der Waals surface area contributed by atoms with E-state index in [0.29, 0.717) is 25.3 Å². The Balaban J connectivity index is 1.87. The molecule has 0 spiro atoms. The van der Waals surface area contributed by atoms with Crippen molar-refractivity contribution >= 4 is 17.5 Å². The molecular formula is C15H14ClFN2O2. The number of hydrogen-bond donors (Lipinski definition) is 0. The molecule has 1 unspecified atom stereocenters. The van der Waals surface area contributed by atoms with Crippen LogP contribution in [-0.2, 0) is 17.8 Å². The van der Waals surface area contributed by atoms with Gasteiger partial charge in [0.1, 0.15) is 16.9 Å². The maximum absolute atomic E-state index is 13.0. The zero-order chi connectivity index (χ0) is 15.0. The highest BCUT2D eigenvalue weighted by Crippen LogP contribution is 2.30. The van der Waals surface area contributed by atoms with Gasteiger partial charge in [-0.2, -0.15) is 0 Å². The summed E-state index contributed by atoms with van der Waals surface area (Å²) >= 11 is 5.83. The van der Waals surface area contributed by atoms with Crippen LogP contribution < -0.4 is 0 Å². The van der Waals surface area contributed by atoms with Crippen LogP contribution in [0.2, 0.25) is 0 Å². The van der Waals surface area contributed by atoms with Gasteiger partial charge in [-0.15, -0.1) is 11.6 Å². The van der Waals surface area contributed by atoms with E-state index in [1.165, 1.54) is 12.1 Å². The first-order valence-corrected chi connectivity index (χ1v) is 7.16. The topological polar surface area (TPSA) is 46.3 Å². The number of hydrogen-bond acceptors (Lipinski definition) is 3. The van der Waals surface area contributed by atoms with E-state index in [4.69, 9.17) is 16.1 Å². The van der Waals surface area contributed by atoms with E-state index >= 15 is 0 Å². The van der Waals surface area contributed by atoms with E-state index in [-0.39, 0.29) is 11.7 Å². The van der Waals surface area contributed by atoms with Gasteiger partial charge in [0.15, 0.2) is 5.76 Å². The van der Waals surface area contributed by atoms with Crippen molar-refractivity contribution in [3.8, 4) is 11.3 Å². The van der Waals surface area contributed by atoms with E-state index < -0.39 is 5.38 Å². The second kappa shape index (κ2) is 5.48. The highest BCUT2D eigenvalue weighted by molar-refractivity contribution is 6.30. The molecule has 1 amide bonds. The van der Waals surface area contributed by atoms with Crippen molar-refractivity contribution in [3.63, 3.8) is 0 Å². The van der Waals surface area contributed by atoms with Crippen LogP contribution in [0.3, 0.4) is 0 Å². The van der Waals surface area contributed by atoms with Crippen LogP contribution >= 0.6 is 11.6 Å². The first kappa shape index (κ1) is 14.1. The van der Waals surface area contributed by atoms with Crippen LogP contribution in [0.25, 0.3) is 11.3 Å². The zero-order valence-corrected chi connectivity index (χ0v) is 12.2. The molecule has 0 saturated carbocycles. The maximum atomic E-state index is 13.0.